The molecule has 0 atom stereocenters. The van der Waals surface area contributed by atoms with Crippen molar-refractivity contribution >= 4 is 23.2 Å². The monoisotopic (exact) mass is 324 g/mol. The van der Waals surface area contributed by atoms with Crippen molar-refractivity contribution in [1.29, 1.82) is 5.26 Å². The predicted molar refractivity (Wildman–Crippen MR) is 88.6 cm³/mol. The Morgan fingerprint density at radius 1 is 1.21 bits per heavy atom. The van der Waals surface area contributed by atoms with Crippen LogP contribution in [-0.4, -0.2) is 11.8 Å². The first kappa shape index (κ1) is 16.8. The van der Waals surface area contributed by atoms with Gasteiger partial charge in [0.15, 0.2) is 0 Å². The van der Waals surface area contributed by atoms with Gasteiger partial charge in [-0.2, -0.15) is 5.26 Å². The molecular weight excluding hydrogens is 308 g/mol. The third-order valence-electron chi connectivity index (χ3n) is 2.96. The van der Waals surface area contributed by atoms with Crippen LogP contribution in [-0.2, 0) is 16.1 Å². The largest absolute Gasteiger partial charge is 0.467 e. The molecule has 2 aromatic rings. The molecule has 0 saturated heterocycles. The summed E-state index contributed by atoms with van der Waals surface area (Å²) in [7, 11) is 0. The molecule has 0 spiro atoms. The van der Waals surface area contributed by atoms with Crippen molar-refractivity contribution < 1.29 is 14.0 Å². The van der Waals surface area contributed by atoms with Crippen LogP contribution in [0.4, 0.5) is 11.4 Å². The molecule has 1 aromatic carbocycles. The van der Waals surface area contributed by atoms with Gasteiger partial charge in [0.05, 0.1) is 12.8 Å². The molecule has 2 amide bonds. The van der Waals surface area contributed by atoms with E-state index < -0.39 is 5.91 Å². The van der Waals surface area contributed by atoms with E-state index in [1.165, 1.54) is 19.4 Å². The van der Waals surface area contributed by atoms with Gasteiger partial charge in [0.25, 0.3) is 5.91 Å². The van der Waals surface area contributed by atoms with Crippen LogP contribution in [0.1, 0.15) is 12.7 Å². The molecule has 0 saturated carbocycles. The first-order chi connectivity index (χ1) is 11.6. The van der Waals surface area contributed by atoms with Gasteiger partial charge < -0.3 is 20.4 Å². The number of furan rings is 1. The van der Waals surface area contributed by atoms with E-state index in [1.807, 2.05) is 6.07 Å². The molecule has 0 radical (unpaired) electrons. The van der Waals surface area contributed by atoms with Gasteiger partial charge in [-0.3, -0.25) is 9.59 Å². The lowest BCUT2D eigenvalue weighted by Gasteiger charge is -2.06. The molecule has 122 valence electrons. The molecule has 7 heteroatoms. The molecule has 0 aliphatic rings. The smallest absolute Gasteiger partial charge is 0.263 e. The Bertz CT molecular complexity index is 771. The zero-order chi connectivity index (χ0) is 17.4. The molecule has 3 N–H and O–H groups in total. The fourth-order valence-corrected chi connectivity index (χ4v) is 1.83. The third kappa shape index (κ3) is 5.03. The van der Waals surface area contributed by atoms with E-state index in [-0.39, 0.29) is 18.0 Å². The lowest BCUT2D eigenvalue weighted by molar-refractivity contribution is -0.117. The molecule has 0 aliphatic carbocycles. The number of anilines is 2. The summed E-state index contributed by atoms with van der Waals surface area (Å²) in [5.41, 5.74) is 1.27. The molecule has 0 bridgehead atoms. The number of nitriles is 1. The average molecular weight is 324 g/mol. The first-order valence-corrected chi connectivity index (χ1v) is 7.13. The van der Waals surface area contributed by atoms with Gasteiger partial charge in [-0.25, -0.2) is 0 Å². The highest BCUT2D eigenvalue weighted by Gasteiger charge is 2.09. The highest BCUT2D eigenvalue weighted by atomic mass is 16.3. The number of hydrogen-bond acceptors (Lipinski definition) is 5. The second-order valence-electron chi connectivity index (χ2n) is 4.83. The van der Waals surface area contributed by atoms with Crippen LogP contribution in [0.5, 0.6) is 0 Å². The fraction of sp³-hybridized carbons (Fsp3) is 0.118. The molecule has 2 rings (SSSR count). The Kier molecular flexibility index (Phi) is 5.75. The van der Waals surface area contributed by atoms with Crippen molar-refractivity contribution in [3.8, 4) is 6.07 Å². The maximum atomic E-state index is 11.9. The lowest BCUT2D eigenvalue weighted by atomic mass is 10.2. The standard InChI is InChI=1S/C17H16N4O3/c1-12(22)21-15-6-4-14(5-7-15)19-10-13(9-18)17(23)20-11-16-3-2-8-24-16/h2-8,10,19H,11H2,1H3,(H,20,23)(H,21,22)/b13-10-. The summed E-state index contributed by atoms with van der Waals surface area (Å²) >= 11 is 0. The van der Waals surface area contributed by atoms with Gasteiger partial charge in [0.1, 0.15) is 17.4 Å². The first-order valence-electron chi connectivity index (χ1n) is 7.13. The van der Waals surface area contributed by atoms with Gasteiger partial charge in [0.2, 0.25) is 5.91 Å². The molecule has 1 heterocycles. The van der Waals surface area contributed by atoms with E-state index >= 15 is 0 Å². The third-order valence-corrected chi connectivity index (χ3v) is 2.96. The van der Waals surface area contributed by atoms with E-state index in [0.717, 1.165) is 0 Å². The Balaban J connectivity index is 1.93. The van der Waals surface area contributed by atoms with Crippen LogP contribution in [0.2, 0.25) is 0 Å². The van der Waals surface area contributed by atoms with E-state index in [0.29, 0.717) is 17.1 Å². The maximum absolute atomic E-state index is 11.9. The highest BCUT2D eigenvalue weighted by Crippen LogP contribution is 2.13. The van der Waals surface area contributed by atoms with Gasteiger partial charge >= 0.3 is 0 Å². The number of benzene rings is 1. The number of nitrogens with zero attached hydrogens (tertiary/aromatic N) is 1. The Labute approximate surface area is 139 Å². The fourth-order valence-electron chi connectivity index (χ4n) is 1.83. The van der Waals surface area contributed by atoms with Crippen LogP contribution < -0.4 is 16.0 Å². The normalized spacial score (nSPS) is 10.6. The highest BCUT2D eigenvalue weighted by molar-refractivity contribution is 5.97. The summed E-state index contributed by atoms with van der Waals surface area (Å²) in [4.78, 5) is 22.9. The maximum Gasteiger partial charge on any atom is 0.263 e. The average Bonchev–Trinajstić information content (AvgIpc) is 3.08. The van der Waals surface area contributed by atoms with Crippen molar-refractivity contribution in [3.05, 3.63) is 60.2 Å². The summed E-state index contributed by atoms with van der Waals surface area (Å²) in [5.74, 6) is -0.0611. The van der Waals surface area contributed by atoms with Crippen LogP contribution in [0.25, 0.3) is 0 Å². The molecular formula is C17H16N4O3. The van der Waals surface area contributed by atoms with E-state index in [4.69, 9.17) is 9.68 Å². The van der Waals surface area contributed by atoms with Crippen molar-refractivity contribution in [1.82, 2.24) is 5.32 Å². The van der Waals surface area contributed by atoms with Gasteiger partial charge in [0, 0.05) is 24.5 Å². The van der Waals surface area contributed by atoms with Crippen LogP contribution in [0.15, 0.2) is 58.9 Å². The Hall–Kier alpha value is -3.53. The van der Waals surface area contributed by atoms with Crippen molar-refractivity contribution in [2.75, 3.05) is 10.6 Å². The number of carbonyl (C=O) groups excluding carboxylic acids is 2. The van der Waals surface area contributed by atoms with Gasteiger partial charge in [-0.1, -0.05) is 0 Å². The molecule has 0 unspecified atom stereocenters. The topological polar surface area (TPSA) is 107 Å². The zero-order valence-corrected chi connectivity index (χ0v) is 13.0. The zero-order valence-electron chi connectivity index (χ0n) is 13.0. The second kappa shape index (κ2) is 8.19. The molecule has 1 aromatic heterocycles. The van der Waals surface area contributed by atoms with Gasteiger partial charge in [-0.05, 0) is 36.4 Å². The SMILES string of the molecule is CC(=O)Nc1ccc(N/C=C(/C#N)C(=O)NCc2ccco2)cc1. The van der Waals surface area contributed by atoms with Gasteiger partial charge in [-0.15, -0.1) is 0 Å². The number of rotatable bonds is 6. The lowest BCUT2D eigenvalue weighted by Crippen LogP contribution is -2.24. The summed E-state index contributed by atoms with van der Waals surface area (Å²) in [6.45, 7) is 1.63. The number of carbonyl (C=O) groups is 2. The summed E-state index contributed by atoms with van der Waals surface area (Å²) in [6, 6.07) is 12.1. The number of hydrogen-bond donors (Lipinski definition) is 3. The van der Waals surface area contributed by atoms with Crippen LogP contribution in [0, 0.1) is 11.3 Å². The second-order valence-corrected chi connectivity index (χ2v) is 4.83. The minimum atomic E-state index is -0.503. The molecule has 7 nitrogen and oxygen atoms in total. The summed E-state index contributed by atoms with van der Waals surface area (Å²) < 4.78 is 5.10. The van der Waals surface area contributed by atoms with Crippen molar-refractivity contribution in [2.24, 2.45) is 0 Å². The Morgan fingerprint density at radius 2 is 1.92 bits per heavy atom. The molecule has 0 fully saturated rings. The van der Waals surface area contributed by atoms with Crippen molar-refractivity contribution in [2.45, 2.75) is 13.5 Å². The summed E-state index contributed by atoms with van der Waals surface area (Å²) in [5, 5.41) is 17.2. The minimum Gasteiger partial charge on any atom is -0.467 e. The van der Waals surface area contributed by atoms with E-state index in [1.54, 1.807) is 36.4 Å². The number of nitrogens with one attached hydrogen (secondary N) is 3. The van der Waals surface area contributed by atoms with Crippen LogP contribution in [0.3, 0.4) is 0 Å². The minimum absolute atomic E-state index is 0.0625. The Morgan fingerprint density at radius 3 is 2.50 bits per heavy atom. The molecule has 0 aliphatic heterocycles. The quantitative estimate of drug-likeness (QED) is 0.558. The van der Waals surface area contributed by atoms with Crippen LogP contribution >= 0.6 is 0 Å². The molecule has 24 heavy (non-hydrogen) atoms. The predicted octanol–water partition coefficient (Wildman–Crippen LogP) is 2.37. The van der Waals surface area contributed by atoms with E-state index in [2.05, 4.69) is 16.0 Å². The van der Waals surface area contributed by atoms with E-state index in [9.17, 15) is 9.59 Å². The number of amides is 2. The summed E-state index contributed by atoms with van der Waals surface area (Å²) in [6.07, 6.45) is 2.83. The van der Waals surface area contributed by atoms with Crippen molar-refractivity contribution in [3.63, 3.8) is 0 Å².